The van der Waals surface area contributed by atoms with Crippen molar-refractivity contribution in [3.63, 3.8) is 0 Å². The molecular weight excluding hydrogens is 300 g/mol. The number of hydrogen-bond donors (Lipinski definition) is 1. The number of fused-ring (bicyclic) bond motifs is 1. The van der Waals surface area contributed by atoms with E-state index >= 15 is 0 Å². The van der Waals surface area contributed by atoms with Gasteiger partial charge in [0.1, 0.15) is 0 Å². The molecule has 4 aromatic rings. The molecule has 0 saturated carbocycles. The first kappa shape index (κ1) is 14.2. The molecule has 0 aliphatic rings. The molecule has 0 unspecified atom stereocenters. The summed E-state index contributed by atoms with van der Waals surface area (Å²) in [6.07, 6.45) is 3.62. The van der Waals surface area contributed by atoms with Gasteiger partial charge in [0.05, 0.1) is 12.3 Å². The van der Waals surface area contributed by atoms with E-state index in [4.69, 9.17) is 0 Å². The zero-order valence-electron chi connectivity index (χ0n) is 12.8. The number of nitrogens with zero attached hydrogens (tertiary/aromatic N) is 2. The highest BCUT2D eigenvalue weighted by Crippen LogP contribution is 2.09. The van der Waals surface area contributed by atoms with E-state index in [1.54, 1.807) is 33.4 Å². The SMILES string of the molecule is O=C(c1ccccc1)c1c/c(=C(\O)c2ccccc2)n2ccc[n+]12. The number of ketones is 1. The topological polar surface area (TPSA) is 45.8 Å². The molecule has 2 heterocycles. The maximum atomic E-state index is 12.8. The van der Waals surface area contributed by atoms with Crippen LogP contribution in [0, 0.1) is 0 Å². The fraction of sp³-hybridized carbons (Fsp3) is 0. The Hall–Kier alpha value is -3.40. The molecular formula is C20H15N2O2+. The Morgan fingerprint density at radius 2 is 1.50 bits per heavy atom. The maximum absolute atomic E-state index is 12.8. The number of carbonyl (C=O) groups excluding carboxylic acids is 1. The average Bonchev–Trinajstić information content (AvgIpc) is 3.24. The van der Waals surface area contributed by atoms with Crippen LogP contribution in [0.4, 0.5) is 0 Å². The van der Waals surface area contributed by atoms with Gasteiger partial charge in [-0.2, -0.15) is 0 Å². The molecule has 1 N–H and O–H groups in total. The van der Waals surface area contributed by atoms with Crippen molar-refractivity contribution in [2.75, 3.05) is 0 Å². The third kappa shape index (κ3) is 2.25. The molecule has 0 fully saturated rings. The van der Waals surface area contributed by atoms with Gasteiger partial charge in [0.15, 0.2) is 11.1 Å². The molecule has 0 saturated heterocycles. The summed E-state index contributed by atoms with van der Waals surface area (Å²) >= 11 is 0. The van der Waals surface area contributed by atoms with Gasteiger partial charge in [0.2, 0.25) is 6.20 Å². The summed E-state index contributed by atoms with van der Waals surface area (Å²) in [4.78, 5) is 12.8. The lowest BCUT2D eigenvalue weighted by molar-refractivity contribution is -0.615. The highest BCUT2D eigenvalue weighted by atomic mass is 16.3. The molecule has 0 bridgehead atoms. The van der Waals surface area contributed by atoms with Gasteiger partial charge in [-0.15, -0.1) is 4.52 Å². The molecule has 0 spiro atoms. The van der Waals surface area contributed by atoms with E-state index in [-0.39, 0.29) is 11.5 Å². The summed E-state index contributed by atoms with van der Waals surface area (Å²) < 4.78 is 3.50. The van der Waals surface area contributed by atoms with Gasteiger partial charge >= 0.3 is 0 Å². The summed E-state index contributed by atoms with van der Waals surface area (Å²) in [5.41, 5.74) is 1.82. The van der Waals surface area contributed by atoms with E-state index in [1.807, 2.05) is 60.8 Å². The molecule has 24 heavy (non-hydrogen) atoms. The zero-order valence-corrected chi connectivity index (χ0v) is 12.8. The van der Waals surface area contributed by atoms with Gasteiger partial charge in [0.25, 0.3) is 11.5 Å². The monoisotopic (exact) mass is 315 g/mol. The number of benzene rings is 2. The normalized spacial score (nSPS) is 12.3. The number of rotatable bonds is 3. The second-order valence-electron chi connectivity index (χ2n) is 5.50. The van der Waals surface area contributed by atoms with Crippen molar-refractivity contribution in [3.8, 4) is 0 Å². The molecule has 4 heteroatoms. The molecule has 0 amide bonds. The maximum Gasteiger partial charge on any atom is 0.286 e. The van der Waals surface area contributed by atoms with Crippen LogP contribution in [0.3, 0.4) is 0 Å². The standard InChI is InChI=1S/C20H14N2O2/c23-19(15-8-3-1-4-9-15)17-14-18(22-13-7-12-21(17)22)20(24)16-10-5-2-6-11-16/h1-14H/p+1. The van der Waals surface area contributed by atoms with Crippen LogP contribution in [0.1, 0.15) is 21.6 Å². The minimum absolute atomic E-state index is 0.0867. The van der Waals surface area contributed by atoms with E-state index in [1.165, 1.54) is 0 Å². The van der Waals surface area contributed by atoms with Gasteiger partial charge < -0.3 is 5.11 Å². The lowest BCUT2D eigenvalue weighted by Crippen LogP contribution is -2.34. The van der Waals surface area contributed by atoms with E-state index in [0.717, 1.165) is 0 Å². The van der Waals surface area contributed by atoms with Crippen LogP contribution in [0.25, 0.3) is 5.76 Å². The van der Waals surface area contributed by atoms with Crippen molar-refractivity contribution < 1.29 is 14.4 Å². The van der Waals surface area contributed by atoms with Crippen LogP contribution >= 0.6 is 0 Å². The highest BCUT2D eigenvalue weighted by molar-refractivity contribution is 6.06. The van der Waals surface area contributed by atoms with Crippen molar-refractivity contribution >= 4 is 11.5 Å². The second-order valence-corrected chi connectivity index (χ2v) is 5.50. The summed E-state index contributed by atoms with van der Waals surface area (Å²) in [6.45, 7) is 0. The third-order valence-electron chi connectivity index (χ3n) is 4.01. The number of hydrogen-bond acceptors (Lipinski definition) is 2. The van der Waals surface area contributed by atoms with Crippen LogP contribution in [0.15, 0.2) is 85.2 Å². The van der Waals surface area contributed by atoms with Crippen molar-refractivity contribution in [2.45, 2.75) is 0 Å². The molecule has 0 aliphatic heterocycles. The van der Waals surface area contributed by atoms with Crippen molar-refractivity contribution in [1.82, 2.24) is 4.52 Å². The predicted molar refractivity (Wildman–Crippen MR) is 89.7 cm³/mol. The molecule has 116 valence electrons. The highest BCUT2D eigenvalue weighted by Gasteiger charge is 2.24. The fourth-order valence-electron chi connectivity index (χ4n) is 2.83. The quantitative estimate of drug-likeness (QED) is 0.465. The van der Waals surface area contributed by atoms with Crippen molar-refractivity contribution in [2.24, 2.45) is 0 Å². The number of carbonyl (C=O) groups is 1. The molecule has 0 aliphatic carbocycles. The fourth-order valence-corrected chi connectivity index (χ4v) is 2.83. The Morgan fingerprint density at radius 3 is 2.17 bits per heavy atom. The van der Waals surface area contributed by atoms with Crippen LogP contribution in [-0.2, 0) is 0 Å². The zero-order chi connectivity index (χ0) is 16.5. The Kier molecular flexibility index (Phi) is 3.35. The summed E-state index contributed by atoms with van der Waals surface area (Å²) in [5, 5.41) is 11.2. The summed E-state index contributed by atoms with van der Waals surface area (Å²) in [7, 11) is 0. The smallest absolute Gasteiger partial charge is 0.286 e. The number of aliphatic hydroxyl groups is 1. The van der Waals surface area contributed by atoms with Crippen LogP contribution in [0.2, 0.25) is 0 Å². The minimum atomic E-state index is -0.0867. The van der Waals surface area contributed by atoms with Gasteiger partial charge in [0, 0.05) is 17.2 Å². The van der Waals surface area contributed by atoms with E-state index in [9.17, 15) is 9.90 Å². The predicted octanol–water partition coefficient (Wildman–Crippen LogP) is 2.19. The van der Waals surface area contributed by atoms with E-state index in [2.05, 4.69) is 0 Å². The average molecular weight is 315 g/mol. The molecule has 0 radical (unpaired) electrons. The van der Waals surface area contributed by atoms with Crippen molar-refractivity contribution in [1.29, 1.82) is 0 Å². The molecule has 2 aromatic heterocycles. The van der Waals surface area contributed by atoms with Gasteiger partial charge in [-0.1, -0.05) is 65.2 Å². The first-order valence-electron chi connectivity index (χ1n) is 7.66. The Morgan fingerprint density at radius 1 is 0.875 bits per heavy atom. The Bertz CT molecular complexity index is 1070. The largest absolute Gasteiger partial charge is 0.505 e. The van der Waals surface area contributed by atoms with Crippen molar-refractivity contribution in [3.05, 3.63) is 107 Å². The number of aliphatic hydroxyl groups excluding tert-OH is 1. The van der Waals surface area contributed by atoms with Crippen LogP contribution in [0.5, 0.6) is 0 Å². The van der Waals surface area contributed by atoms with Gasteiger partial charge in [-0.05, 0) is 0 Å². The first-order valence-corrected chi connectivity index (χ1v) is 7.66. The number of aromatic nitrogens is 2. The Balaban J connectivity index is 1.95. The van der Waals surface area contributed by atoms with Crippen LogP contribution in [-0.4, -0.2) is 15.4 Å². The molecule has 2 aromatic carbocycles. The second kappa shape index (κ2) is 5.66. The lowest BCUT2D eigenvalue weighted by Gasteiger charge is -1.96. The van der Waals surface area contributed by atoms with Crippen LogP contribution < -0.4 is 9.86 Å². The lowest BCUT2D eigenvalue weighted by atomic mass is 10.1. The van der Waals surface area contributed by atoms with E-state index < -0.39 is 0 Å². The third-order valence-corrected chi connectivity index (χ3v) is 4.01. The summed E-state index contributed by atoms with van der Waals surface area (Å²) in [5.74, 6) is 0.0489. The minimum Gasteiger partial charge on any atom is -0.505 e. The van der Waals surface area contributed by atoms with E-state index in [0.29, 0.717) is 22.2 Å². The van der Waals surface area contributed by atoms with Gasteiger partial charge in [-0.3, -0.25) is 4.79 Å². The molecule has 4 rings (SSSR count). The first-order chi connectivity index (χ1) is 11.8. The summed E-state index contributed by atoms with van der Waals surface area (Å²) in [6, 6.07) is 22.0. The van der Waals surface area contributed by atoms with Gasteiger partial charge in [-0.25, -0.2) is 0 Å². The Labute approximate surface area is 138 Å². The molecule has 0 atom stereocenters. The molecule has 4 nitrogen and oxygen atoms in total.